The molecule has 6 nitrogen and oxygen atoms in total. The van der Waals surface area contributed by atoms with E-state index in [1.807, 2.05) is 0 Å². The lowest BCUT2D eigenvalue weighted by Crippen LogP contribution is -2.17. The summed E-state index contributed by atoms with van der Waals surface area (Å²) in [6, 6.07) is 15.4. The number of aromatic nitrogens is 1. The van der Waals surface area contributed by atoms with Crippen LogP contribution in [0.15, 0.2) is 71.3 Å². The summed E-state index contributed by atoms with van der Waals surface area (Å²) in [7, 11) is 0. The van der Waals surface area contributed by atoms with Crippen molar-refractivity contribution in [2.24, 2.45) is 0 Å². The third-order valence-electron chi connectivity index (χ3n) is 5.47. The second kappa shape index (κ2) is 8.72. The van der Waals surface area contributed by atoms with Gasteiger partial charge in [0.2, 0.25) is 11.7 Å². The number of phenolic OH excluding ortho intramolecular Hbond substituents is 1. The van der Waals surface area contributed by atoms with Gasteiger partial charge in [-0.25, -0.2) is 0 Å². The van der Waals surface area contributed by atoms with Gasteiger partial charge in [-0.05, 0) is 66.6 Å². The third-order valence-corrected chi connectivity index (χ3v) is 6.62. The average molecular weight is 511 g/mol. The molecular formula is C26H16F3NO5S. The molecule has 182 valence electrons. The zero-order chi connectivity index (χ0) is 25.6. The number of aromatic hydroxyl groups is 2. The van der Waals surface area contributed by atoms with E-state index >= 15 is 0 Å². The number of hydrogen-bond donors (Lipinski definition) is 2. The second-order valence-corrected chi connectivity index (χ2v) is 8.98. The summed E-state index contributed by atoms with van der Waals surface area (Å²) in [6.45, 7) is 1.54. The third kappa shape index (κ3) is 4.50. The van der Waals surface area contributed by atoms with Crippen molar-refractivity contribution in [1.29, 1.82) is 0 Å². The van der Waals surface area contributed by atoms with Crippen molar-refractivity contribution in [2.45, 2.75) is 13.3 Å². The predicted octanol–water partition coefficient (Wildman–Crippen LogP) is 7.07. The highest BCUT2D eigenvalue weighted by Gasteiger charge is 2.31. The first kappa shape index (κ1) is 23.4. The molecule has 0 amide bonds. The molecule has 5 rings (SSSR count). The number of oxazole rings is 1. The van der Waals surface area contributed by atoms with Crippen molar-refractivity contribution in [2.75, 3.05) is 0 Å². The first-order valence-electron chi connectivity index (χ1n) is 10.5. The lowest BCUT2D eigenvalue weighted by Gasteiger charge is -2.12. The lowest BCUT2D eigenvalue weighted by molar-refractivity contribution is -0.274. The molecule has 2 heterocycles. The molecule has 2 N–H and O–H groups in total. The first-order chi connectivity index (χ1) is 17.1. The molecule has 0 saturated carbocycles. The Kier molecular flexibility index (Phi) is 5.68. The minimum absolute atomic E-state index is 0.0400. The summed E-state index contributed by atoms with van der Waals surface area (Å²) in [5, 5.41) is 20.1. The number of thiophene rings is 1. The van der Waals surface area contributed by atoms with Crippen LogP contribution >= 0.6 is 11.3 Å². The Bertz CT molecular complexity index is 1600. The smallest absolute Gasteiger partial charge is 0.508 e. The van der Waals surface area contributed by atoms with E-state index in [1.54, 1.807) is 36.4 Å². The Labute approximate surface area is 205 Å². The maximum atomic E-state index is 13.6. The summed E-state index contributed by atoms with van der Waals surface area (Å²) in [6.07, 6.45) is -3.72. The fourth-order valence-electron chi connectivity index (χ4n) is 3.92. The zero-order valence-corrected chi connectivity index (χ0v) is 19.3. The largest absolute Gasteiger partial charge is 0.573 e. The fourth-order valence-corrected chi connectivity index (χ4v) is 5.13. The van der Waals surface area contributed by atoms with Gasteiger partial charge < -0.3 is 19.4 Å². The Morgan fingerprint density at radius 3 is 2.36 bits per heavy atom. The number of carbonyl (C=O) groups excluding carboxylic acids is 1. The van der Waals surface area contributed by atoms with E-state index in [1.165, 1.54) is 36.5 Å². The van der Waals surface area contributed by atoms with Crippen LogP contribution in [0.5, 0.6) is 17.4 Å². The quantitative estimate of drug-likeness (QED) is 0.245. The van der Waals surface area contributed by atoms with Crippen LogP contribution in [0.1, 0.15) is 20.8 Å². The van der Waals surface area contributed by atoms with Crippen LogP contribution in [0.3, 0.4) is 0 Å². The Morgan fingerprint density at radius 2 is 1.72 bits per heavy atom. The van der Waals surface area contributed by atoms with E-state index in [0.29, 0.717) is 31.8 Å². The number of hydrogen-bond acceptors (Lipinski definition) is 7. The van der Waals surface area contributed by atoms with E-state index in [4.69, 9.17) is 4.42 Å². The van der Waals surface area contributed by atoms with Gasteiger partial charge in [0.05, 0.1) is 4.88 Å². The molecule has 3 aromatic carbocycles. The molecule has 0 unspecified atom stereocenters. The summed E-state index contributed by atoms with van der Waals surface area (Å²) in [5.74, 6) is -0.757. The van der Waals surface area contributed by atoms with Gasteiger partial charge in [0.25, 0.3) is 5.88 Å². The van der Waals surface area contributed by atoms with Crippen LogP contribution in [-0.2, 0) is 0 Å². The number of rotatable bonds is 5. The highest BCUT2D eigenvalue weighted by Crippen LogP contribution is 2.42. The lowest BCUT2D eigenvalue weighted by atomic mass is 9.95. The number of carbonyl (C=O) groups is 1. The van der Waals surface area contributed by atoms with E-state index in [-0.39, 0.29) is 28.9 Å². The average Bonchev–Trinajstić information content (AvgIpc) is 3.41. The van der Waals surface area contributed by atoms with E-state index in [0.717, 1.165) is 17.7 Å². The molecule has 0 bridgehead atoms. The fraction of sp³-hybridized carbons (Fsp3) is 0.0769. The molecule has 0 radical (unpaired) electrons. The van der Waals surface area contributed by atoms with Crippen LogP contribution < -0.4 is 4.74 Å². The van der Waals surface area contributed by atoms with Gasteiger partial charge in [-0.15, -0.1) is 24.5 Å². The summed E-state index contributed by atoms with van der Waals surface area (Å²) >= 11 is 1.18. The summed E-state index contributed by atoms with van der Waals surface area (Å²) in [4.78, 5) is 17.9. The molecular weight excluding hydrogens is 495 g/mol. The Hall–Kier alpha value is -4.31. The molecule has 0 spiro atoms. The highest BCUT2D eigenvalue weighted by atomic mass is 32.1. The van der Waals surface area contributed by atoms with Gasteiger partial charge in [0, 0.05) is 26.8 Å². The maximum absolute atomic E-state index is 13.6. The number of benzene rings is 3. The molecule has 10 heteroatoms. The molecule has 0 atom stereocenters. The molecule has 0 saturated heterocycles. The van der Waals surface area contributed by atoms with Crippen LogP contribution in [0.25, 0.3) is 32.7 Å². The maximum Gasteiger partial charge on any atom is 0.573 e. The van der Waals surface area contributed by atoms with Crippen LogP contribution in [0, 0.1) is 6.92 Å². The Morgan fingerprint density at radius 1 is 1.00 bits per heavy atom. The molecule has 0 aliphatic carbocycles. The van der Waals surface area contributed by atoms with Crippen molar-refractivity contribution in [1.82, 2.24) is 4.98 Å². The van der Waals surface area contributed by atoms with Crippen LogP contribution in [0.4, 0.5) is 13.2 Å². The number of fused-ring (bicyclic) bond motifs is 1. The molecule has 2 aromatic heterocycles. The number of halogens is 3. The van der Waals surface area contributed by atoms with Gasteiger partial charge in [-0.3, -0.25) is 4.79 Å². The van der Waals surface area contributed by atoms with Crippen molar-refractivity contribution in [3.8, 4) is 40.0 Å². The molecule has 5 aromatic rings. The van der Waals surface area contributed by atoms with Crippen molar-refractivity contribution < 1.29 is 37.3 Å². The number of alkyl halides is 3. The number of nitrogens with zero attached hydrogens (tertiary/aromatic N) is 1. The van der Waals surface area contributed by atoms with Gasteiger partial charge >= 0.3 is 6.36 Å². The van der Waals surface area contributed by atoms with Crippen molar-refractivity contribution in [3.63, 3.8) is 0 Å². The molecule has 36 heavy (non-hydrogen) atoms. The number of ketones is 1. The molecule has 0 aliphatic rings. The summed E-state index contributed by atoms with van der Waals surface area (Å²) in [5.41, 5.74) is 2.49. The normalized spacial score (nSPS) is 11.7. The number of aryl methyl sites for hydroxylation is 1. The van der Waals surface area contributed by atoms with Crippen molar-refractivity contribution in [3.05, 3.63) is 82.9 Å². The van der Waals surface area contributed by atoms with Crippen molar-refractivity contribution >= 4 is 27.2 Å². The zero-order valence-electron chi connectivity index (χ0n) is 18.5. The number of phenols is 1. The SMILES string of the molecule is Cc1cc(OC(F)(F)F)ccc1C(=O)c1sc2cc(O)ccc2c1-c1ccc(-c2nc(O)co2)cc1. The minimum atomic E-state index is -4.84. The predicted molar refractivity (Wildman–Crippen MR) is 127 cm³/mol. The highest BCUT2D eigenvalue weighted by molar-refractivity contribution is 7.21. The standard InChI is InChI=1S/C26H16F3NO5S/c1-13-10-17(35-26(27,28)29)7-9-18(13)23(33)24-22(19-8-6-16(31)11-20(19)36-24)14-2-4-15(5-3-14)25-30-21(32)12-34-25/h2-12,31-32H,1H3. The van der Waals surface area contributed by atoms with E-state index in [2.05, 4.69) is 9.72 Å². The minimum Gasteiger partial charge on any atom is -0.508 e. The Balaban J connectivity index is 1.60. The molecule has 0 fully saturated rings. The van der Waals surface area contributed by atoms with Crippen LogP contribution in [-0.4, -0.2) is 27.3 Å². The number of ether oxygens (including phenoxy) is 1. The topological polar surface area (TPSA) is 92.8 Å². The second-order valence-electron chi connectivity index (χ2n) is 7.93. The summed E-state index contributed by atoms with van der Waals surface area (Å²) < 4.78 is 47.6. The van der Waals surface area contributed by atoms with Gasteiger partial charge in [0.1, 0.15) is 11.5 Å². The van der Waals surface area contributed by atoms with Gasteiger partial charge in [-0.1, -0.05) is 12.1 Å². The van der Waals surface area contributed by atoms with Gasteiger partial charge in [0.15, 0.2) is 6.26 Å². The van der Waals surface area contributed by atoms with E-state index in [9.17, 15) is 28.2 Å². The first-order valence-corrected chi connectivity index (χ1v) is 11.3. The van der Waals surface area contributed by atoms with Crippen LogP contribution in [0.2, 0.25) is 0 Å². The monoisotopic (exact) mass is 511 g/mol. The van der Waals surface area contributed by atoms with Gasteiger partial charge in [-0.2, -0.15) is 4.98 Å². The molecule has 0 aliphatic heterocycles. The van der Waals surface area contributed by atoms with E-state index < -0.39 is 12.1 Å².